The van der Waals surface area contributed by atoms with Crippen molar-refractivity contribution >= 4 is 11.6 Å². The van der Waals surface area contributed by atoms with E-state index in [2.05, 4.69) is 0 Å². The fraction of sp³-hybridized carbons (Fsp3) is 0.538. The molecule has 0 aliphatic carbocycles. The first-order chi connectivity index (χ1) is 7.73. The fourth-order valence-corrected chi connectivity index (χ4v) is 2.02. The van der Waals surface area contributed by atoms with Crippen LogP contribution >= 0.6 is 11.6 Å². The van der Waals surface area contributed by atoms with E-state index in [1.165, 1.54) is 0 Å². The maximum Gasteiger partial charge on any atom is 0.138 e. The number of hydrogen-bond donors (Lipinski definition) is 1. The van der Waals surface area contributed by atoms with Crippen LogP contribution in [-0.2, 0) is 5.67 Å². The van der Waals surface area contributed by atoms with Gasteiger partial charge in [-0.1, -0.05) is 30.3 Å². The van der Waals surface area contributed by atoms with Gasteiger partial charge in [-0.15, -0.1) is 11.6 Å². The molecule has 1 atom stereocenters. The molecule has 0 bridgehead atoms. The van der Waals surface area contributed by atoms with Gasteiger partial charge in [-0.2, -0.15) is 0 Å². The first-order valence-electron chi connectivity index (χ1n) is 5.64. The molecular weight excluding hydrogens is 227 g/mol. The molecule has 0 heterocycles. The van der Waals surface area contributed by atoms with Crippen LogP contribution in [0, 0.1) is 0 Å². The summed E-state index contributed by atoms with van der Waals surface area (Å²) in [6.07, 6.45) is 2.13. The first kappa shape index (κ1) is 13.5. The van der Waals surface area contributed by atoms with E-state index in [0.29, 0.717) is 17.9 Å². The number of rotatable bonds is 7. The fourth-order valence-electron chi connectivity index (χ4n) is 1.83. The second-order valence-corrected chi connectivity index (χ2v) is 4.33. The molecule has 1 aromatic carbocycles. The molecule has 0 amide bonds. The van der Waals surface area contributed by atoms with E-state index in [0.717, 1.165) is 12.8 Å². The molecular formula is C13H18ClFO. The Balaban J connectivity index is 2.71. The van der Waals surface area contributed by atoms with E-state index in [1.54, 1.807) is 12.1 Å². The molecule has 0 unspecified atom stereocenters. The molecule has 0 spiro atoms. The van der Waals surface area contributed by atoms with Crippen molar-refractivity contribution in [2.24, 2.45) is 0 Å². The summed E-state index contributed by atoms with van der Waals surface area (Å²) in [7, 11) is 0. The molecule has 1 N–H and O–H groups in total. The zero-order valence-corrected chi connectivity index (χ0v) is 10.1. The van der Waals surface area contributed by atoms with Gasteiger partial charge in [0.25, 0.3) is 0 Å². The number of aliphatic hydroxyl groups is 1. The quantitative estimate of drug-likeness (QED) is 0.574. The second-order valence-electron chi connectivity index (χ2n) is 3.95. The molecule has 0 saturated heterocycles. The van der Waals surface area contributed by atoms with E-state index in [-0.39, 0.29) is 13.0 Å². The average Bonchev–Trinajstić information content (AvgIpc) is 2.31. The Morgan fingerprint density at radius 2 is 1.81 bits per heavy atom. The van der Waals surface area contributed by atoms with E-state index in [4.69, 9.17) is 16.7 Å². The molecule has 0 saturated carbocycles. The number of halogens is 2. The molecule has 1 nitrogen and oxygen atoms in total. The van der Waals surface area contributed by atoms with Gasteiger partial charge in [0.2, 0.25) is 0 Å². The van der Waals surface area contributed by atoms with Crippen LogP contribution < -0.4 is 0 Å². The monoisotopic (exact) mass is 244 g/mol. The largest absolute Gasteiger partial charge is 0.396 e. The molecule has 0 radical (unpaired) electrons. The van der Waals surface area contributed by atoms with E-state index >= 15 is 0 Å². The van der Waals surface area contributed by atoms with Crippen molar-refractivity contribution in [2.75, 3.05) is 12.5 Å². The van der Waals surface area contributed by atoms with Gasteiger partial charge in [0.05, 0.1) is 0 Å². The van der Waals surface area contributed by atoms with Crippen LogP contribution in [0.3, 0.4) is 0 Å². The van der Waals surface area contributed by atoms with Crippen LogP contribution in [0.4, 0.5) is 4.39 Å². The van der Waals surface area contributed by atoms with Crippen LogP contribution in [0.2, 0.25) is 0 Å². The highest BCUT2D eigenvalue weighted by Gasteiger charge is 2.30. The molecule has 1 rings (SSSR count). The van der Waals surface area contributed by atoms with E-state index in [9.17, 15) is 4.39 Å². The van der Waals surface area contributed by atoms with Crippen molar-refractivity contribution in [3.8, 4) is 0 Å². The van der Waals surface area contributed by atoms with Gasteiger partial charge in [-0.05, 0) is 24.8 Å². The third-order valence-corrected chi connectivity index (χ3v) is 3.02. The van der Waals surface area contributed by atoms with Gasteiger partial charge < -0.3 is 5.11 Å². The number of benzene rings is 1. The molecule has 0 aliphatic rings. The smallest absolute Gasteiger partial charge is 0.138 e. The summed E-state index contributed by atoms with van der Waals surface area (Å²) >= 11 is 5.58. The van der Waals surface area contributed by atoms with E-state index < -0.39 is 5.67 Å². The highest BCUT2D eigenvalue weighted by molar-refractivity contribution is 6.17. The van der Waals surface area contributed by atoms with Gasteiger partial charge >= 0.3 is 0 Å². The normalized spacial score (nSPS) is 14.7. The minimum Gasteiger partial charge on any atom is -0.396 e. The average molecular weight is 245 g/mol. The molecule has 0 aromatic heterocycles. The predicted octanol–water partition coefficient (Wildman–Crippen LogP) is 3.64. The maximum absolute atomic E-state index is 14.6. The summed E-state index contributed by atoms with van der Waals surface area (Å²) in [6, 6.07) is 9.06. The lowest BCUT2D eigenvalue weighted by atomic mass is 9.88. The zero-order valence-electron chi connectivity index (χ0n) is 9.33. The van der Waals surface area contributed by atoms with Crippen molar-refractivity contribution in [2.45, 2.75) is 31.4 Å². The number of unbranched alkanes of at least 4 members (excludes halogenated alkanes) is 1. The van der Waals surface area contributed by atoms with Crippen LogP contribution in [0.15, 0.2) is 30.3 Å². The lowest BCUT2D eigenvalue weighted by molar-refractivity contribution is 0.100. The predicted molar refractivity (Wildman–Crippen MR) is 65.5 cm³/mol. The second kappa shape index (κ2) is 6.87. The first-order valence-corrected chi connectivity index (χ1v) is 6.17. The van der Waals surface area contributed by atoms with Crippen molar-refractivity contribution < 1.29 is 9.50 Å². The van der Waals surface area contributed by atoms with Gasteiger partial charge in [-0.25, -0.2) is 4.39 Å². The Morgan fingerprint density at radius 1 is 1.12 bits per heavy atom. The maximum atomic E-state index is 14.6. The third kappa shape index (κ3) is 3.76. The summed E-state index contributed by atoms with van der Waals surface area (Å²) in [5, 5.41) is 8.95. The Hall–Kier alpha value is -0.600. The van der Waals surface area contributed by atoms with Crippen molar-refractivity contribution in [3.63, 3.8) is 0 Å². The molecule has 90 valence electrons. The Labute approximate surface area is 101 Å². The molecule has 0 fully saturated rings. The van der Waals surface area contributed by atoms with Gasteiger partial charge in [0.1, 0.15) is 5.67 Å². The van der Waals surface area contributed by atoms with Crippen molar-refractivity contribution in [1.29, 1.82) is 0 Å². The minimum absolute atomic E-state index is 0.133. The third-order valence-electron chi connectivity index (χ3n) is 2.76. The highest BCUT2D eigenvalue weighted by atomic mass is 35.5. The van der Waals surface area contributed by atoms with Crippen molar-refractivity contribution in [3.05, 3.63) is 35.9 Å². The van der Waals surface area contributed by atoms with E-state index in [1.807, 2.05) is 18.2 Å². The number of alkyl halides is 2. The standard InChI is InChI=1S/C13H18ClFO/c14-10-5-4-8-13(15,9-11-16)12-6-2-1-3-7-12/h1-3,6-7,16H,4-5,8-11H2/t13-/m1/s1. The van der Waals surface area contributed by atoms with Gasteiger partial charge in [0.15, 0.2) is 0 Å². The molecule has 1 aromatic rings. The lowest BCUT2D eigenvalue weighted by Gasteiger charge is -2.25. The zero-order chi connectivity index (χ0) is 11.9. The summed E-state index contributed by atoms with van der Waals surface area (Å²) in [5.41, 5.74) is -0.763. The van der Waals surface area contributed by atoms with Crippen LogP contribution in [0.1, 0.15) is 31.2 Å². The molecule has 16 heavy (non-hydrogen) atoms. The topological polar surface area (TPSA) is 20.2 Å². The van der Waals surface area contributed by atoms with Crippen LogP contribution in [0.25, 0.3) is 0 Å². The minimum atomic E-state index is -1.41. The van der Waals surface area contributed by atoms with Crippen molar-refractivity contribution in [1.82, 2.24) is 0 Å². The van der Waals surface area contributed by atoms with Gasteiger partial charge in [-0.3, -0.25) is 0 Å². The number of aliphatic hydroxyl groups excluding tert-OH is 1. The number of hydrogen-bond acceptors (Lipinski definition) is 1. The Morgan fingerprint density at radius 3 is 2.38 bits per heavy atom. The highest BCUT2D eigenvalue weighted by Crippen LogP contribution is 2.34. The van der Waals surface area contributed by atoms with Crippen LogP contribution in [-0.4, -0.2) is 17.6 Å². The summed E-state index contributed by atoms with van der Waals surface area (Å²) in [5.74, 6) is 0.560. The Bertz CT molecular complexity index is 291. The SMILES string of the molecule is OCC[C@](F)(CCCCCl)c1ccccc1. The lowest BCUT2D eigenvalue weighted by Crippen LogP contribution is -2.21. The summed E-state index contributed by atoms with van der Waals surface area (Å²) in [6.45, 7) is -0.133. The van der Waals surface area contributed by atoms with Crippen LogP contribution in [0.5, 0.6) is 0 Å². The van der Waals surface area contributed by atoms with Gasteiger partial charge in [0, 0.05) is 18.9 Å². The summed E-state index contributed by atoms with van der Waals surface area (Å²) in [4.78, 5) is 0. The summed E-state index contributed by atoms with van der Waals surface area (Å²) < 4.78 is 14.6. The molecule has 3 heteroatoms. The Kier molecular flexibility index (Phi) is 5.78. The molecule has 0 aliphatic heterocycles.